The lowest BCUT2D eigenvalue weighted by Crippen LogP contribution is -2.56. The molecule has 0 saturated heterocycles. The average molecular weight is 369 g/mol. The molecule has 0 aromatic heterocycles. The summed E-state index contributed by atoms with van der Waals surface area (Å²) >= 11 is 0. The summed E-state index contributed by atoms with van der Waals surface area (Å²) in [6.07, 6.45) is 0.439. The highest BCUT2D eigenvalue weighted by atomic mass is 19.1. The first-order valence-electron chi connectivity index (χ1n) is 8.95. The number of amides is 3. The van der Waals surface area contributed by atoms with Crippen molar-refractivity contribution in [1.29, 1.82) is 0 Å². The minimum Gasteiger partial charge on any atom is -0.350 e. The van der Waals surface area contributed by atoms with Gasteiger partial charge in [-0.1, -0.05) is 30.3 Å². The van der Waals surface area contributed by atoms with Crippen LogP contribution in [-0.2, 0) is 17.8 Å². The third-order valence-electron chi connectivity index (χ3n) is 4.39. The molecule has 5 nitrogen and oxygen atoms in total. The van der Waals surface area contributed by atoms with E-state index < -0.39 is 23.4 Å². The van der Waals surface area contributed by atoms with Crippen LogP contribution in [0, 0.1) is 5.82 Å². The van der Waals surface area contributed by atoms with E-state index in [0.29, 0.717) is 18.7 Å². The first-order valence-corrected chi connectivity index (χ1v) is 8.95. The maximum Gasteiger partial charge on any atom is 0.322 e. The minimum atomic E-state index is -0.632. The van der Waals surface area contributed by atoms with Crippen LogP contribution in [0.15, 0.2) is 48.5 Å². The molecule has 1 atom stereocenters. The predicted molar refractivity (Wildman–Crippen MR) is 103 cm³/mol. The molecule has 0 aliphatic carbocycles. The van der Waals surface area contributed by atoms with E-state index in [0.717, 1.165) is 11.1 Å². The zero-order valence-corrected chi connectivity index (χ0v) is 15.8. The third kappa shape index (κ3) is 4.64. The third-order valence-corrected chi connectivity index (χ3v) is 4.39. The molecule has 0 radical (unpaired) electrons. The number of carbonyl (C=O) groups excluding carboxylic acids is 2. The molecule has 142 valence electrons. The second-order valence-electron chi connectivity index (χ2n) is 7.80. The van der Waals surface area contributed by atoms with Gasteiger partial charge >= 0.3 is 6.03 Å². The SMILES string of the molecule is CC(C)(C)NC(=O)[C@@H]1Cc2ccccc2CN1C(=O)Nc1cccc(F)c1. The summed E-state index contributed by atoms with van der Waals surface area (Å²) in [5.41, 5.74) is 2.01. The van der Waals surface area contributed by atoms with Crippen molar-refractivity contribution in [3.05, 3.63) is 65.5 Å². The van der Waals surface area contributed by atoms with Crippen LogP contribution < -0.4 is 10.6 Å². The van der Waals surface area contributed by atoms with Crippen molar-refractivity contribution in [2.45, 2.75) is 45.3 Å². The number of carbonyl (C=O) groups is 2. The zero-order valence-electron chi connectivity index (χ0n) is 15.8. The van der Waals surface area contributed by atoms with Crippen LogP contribution in [0.5, 0.6) is 0 Å². The number of halogens is 1. The Hall–Kier alpha value is -2.89. The lowest BCUT2D eigenvalue weighted by atomic mass is 9.93. The van der Waals surface area contributed by atoms with Gasteiger partial charge in [0.1, 0.15) is 11.9 Å². The number of nitrogens with zero attached hydrogens (tertiary/aromatic N) is 1. The Balaban J connectivity index is 1.86. The van der Waals surface area contributed by atoms with Crippen molar-refractivity contribution in [2.75, 3.05) is 5.32 Å². The van der Waals surface area contributed by atoms with Crippen molar-refractivity contribution < 1.29 is 14.0 Å². The average Bonchev–Trinajstić information content (AvgIpc) is 2.59. The highest BCUT2D eigenvalue weighted by Crippen LogP contribution is 2.25. The van der Waals surface area contributed by atoms with E-state index in [1.54, 1.807) is 6.07 Å². The second-order valence-corrected chi connectivity index (χ2v) is 7.80. The maximum absolute atomic E-state index is 13.4. The second kappa shape index (κ2) is 7.39. The molecule has 0 saturated carbocycles. The predicted octanol–water partition coefficient (Wildman–Crippen LogP) is 3.70. The van der Waals surface area contributed by atoms with Crippen molar-refractivity contribution in [3.63, 3.8) is 0 Å². The van der Waals surface area contributed by atoms with Gasteiger partial charge in [-0.2, -0.15) is 0 Å². The zero-order chi connectivity index (χ0) is 19.6. The van der Waals surface area contributed by atoms with E-state index in [9.17, 15) is 14.0 Å². The fourth-order valence-corrected chi connectivity index (χ4v) is 3.19. The molecular weight excluding hydrogens is 345 g/mol. The van der Waals surface area contributed by atoms with Crippen molar-refractivity contribution >= 4 is 17.6 Å². The molecule has 0 fully saturated rings. The lowest BCUT2D eigenvalue weighted by molar-refractivity contribution is -0.127. The molecule has 0 bridgehead atoms. The van der Waals surface area contributed by atoms with Gasteiger partial charge in [-0.25, -0.2) is 9.18 Å². The molecule has 27 heavy (non-hydrogen) atoms. The van der Waals surface area contributed by atoms with Gasteiger partial charge in [0.25, 0.3) is 0 Å². The van der Waals surface area contributed by atoms with Crippen LogP contribution in [0.2, 0.25) is 0 Å². The Bertz CT molecular complexity index is 861. The van der Waals surface area contributed by atoms with E-state index in [1.807, 2.05) is 45.0 Å². The molecule has 1 heterocycles. The number of urea groups is 1. The summed E-state index contributed by atoms with van der Waals surface area (Å²) < 4.78 is 13.4. The minimum absolute atomic E-state index is 0.202. The monoisotopic (exact) mass is 369 g/mol. The standard InChI is InChI=1S/C21H24FN3O2/c1-21(2,3)24-19(26)18-11-14-7-4-5-8-15(14)13-25(18)20(27)23-17-10-6-9-16(22)12-17/h4-10,12,18H,11,13H2,1-3H3,(H,23,27)(H,24,26)/t18-/m0/s1. The number of benzene rings is 2. The first kappa shape index (κ1) is 18.9. The van der Waals surface area contributed by atoms with Gasteiger partial charge in [-0.15, -0.1) is 0 Å². The Morgan fingerprint density at radius 3 is 2.44 bits per heavy atom. The summed E-state index contributed by atoms with van der Waals surface area (Å²) in [4.78, 5) is 27.2. The molecule has 2 aromatic carbocycles. The van der Waals surface area contributed by atoms with Crippen LogP contribution in [0.25, 0.3) is 0 Å². The summed E-state index contributed by atoms with van der Waals surface area (Å²) in [5.74, 6) is -0.634. The summed E-state index contributed by atoms with van der Waals surface area (Å²) in [7, 11) is 0. The van der Waals surface area contributed by atoms with Crippen LogP contribution in [0.1, 0.15) is 31.9 Å². The van der Waals surface area contributed by atoms with Crippen LogP contribution >= 0.6 is 0 Å². The van der Waals surface area contributed by atoms with Crippen LogP contribution in [0.4, 0.5) is 14.9 Å². The lowest BCUT2D eigenvalue weighted by Gasteiger charge is -2.37. The number of anilines is 1. The van der Waals surface area contributed by atoms with Crippen LogP contribution in [-0.4, -0.2) is 28.4 Å². The van der Waals surface area contributed by atoms with Gasteiger partial charge < -0.3 is 15.5 Å². The van der Waals surface area contributed by atoms with E-state index >= 15 is 0 Å². The molecule has 0 unspecified atom stereocenters. The Labute approximate surface area is 158 Å². The normalized spacial score (nSPS) is 16.4. The number of hydrogen-bond acceptors (Lipinski definition) is 2. The number of nitrogens with one attached hydrogen (secondary N) is 2. The van der Waals surface area contributed by atoms with E-state index in [2.05, 4.69) is 10.6 Å². The maximum atomic E-state index is 13.4. The largest absolute Gasteiger partial charge is 0.350 e. The molecular formula is C21H24FN3O2. The van der Waals surface area contributed by atoms with Gasteiger partial charge in [0.15, 0.2) is 0 Å². The summed E-state index contributed by atoms with van der Waals surface area (Å²) in [6, 6.07) is 12.4. The van der Waals surface area contributed by atoms with Crippen molar-refractivity contribution in [2.24, 2.45) is 0 Å². The van der Waals surface area contributed by atoms with Gasteiger partial charge in [0.2, 0.25) is 5.91 Å². The fourth-order valence-electron chi connectivity index (χ4n) is 3.19. The summed E-state index contributed by atoms with van der Waals surface area (Å²) in [5, 5.41) is 5.65. The molecule has 0 spiro atoms. The molecule has 3 amide bonds. The van der Waals surface area contributed by atoms with Crippen molar-refractivity contribution in [3.8, 4) is 0 Å². The van der Waals surface area contributed by atoms with E-state index in [1.165, 1.54) is 23.1 Å². The Morgan fingerprint density at radius 2 is 1.78 bits per heavy atom. The number of hydrogen-bond donors (Lipinski definition) is 2. The van der Waals surface area contributed by atoms with E-state index in [-0.39, 0.29) is 5.91 Å². The van der Waals surface area contributed by atoms with Gasteiger partial charge in [-0.05, 0) is 50.1 Å². The Kier molecular flexibility index (Phi) is 5.17. The van der Waals surface area contributed by atoms with Crippen molar-refractivity contribution in [1.82, 2.24) is 10.2 Å². The van der Waals surface area contributed by atoms with Gasteiger partial charge in [0, 0.05) is 24.2 Å². The highest BCUT2D eigenvalue weighted by molar-refractivity contribution is 5.94. The molecule has 1 aliphatic rings. The molecule has 2 aromatic rings. The number of fused-ring (bicyclic) bond motifs is 1. The van der Waals surface area contributed by atoms with Gasteiger partial charge in [0.05, 0.1) is 0 Å². The highest BCUT2D eigenvalue weighted by Gasteiger charge is 2.35. The van der Waals surface area contributed by atoms with Gasteiger partial charge in [-0.3, -0.25) is 4.79 Å². The summed E-state index contributed by atoms with van der Waals surface area (Å²) in [6.45, 7) is 6.02. The van der Waals surface area contributed by atoms with E-state index in [4.69, 9.17) is 0 Å². The first-order chi connectivity index (χ1) is 12.7. The topological polar surface area (TPSA) is 61.4 Å². The number of rotatable bonds is 2. The smallest absolute Gasteiger partial charge is 0.322 e. The molecule has 3 rings (SSSR count). The molecule has 1 aliphatic heterocycles. The quantitative estimate of drug-likeness (QED) is 0.848. The van der Waals surface area contributed by atoms with Crippen LogP contribution in [0.3, 0.4) is 0 Å². The molecule has 6 heteroatoms. The fraction of sp³-hybridized carbons (Fsp3) is 0.333. The molecule has 2 N–H and O–H groups in total. The Morgan fingerprint density at radius 1 is 1.07 bits per heavy atom.